The zero-order valence-electron chi connectivity index (χ0n) is 16.8. The van der Waals surface area contributed by atoms with Crippen LogP contribution in [0.4, 0.5) is 0 Å². The summed E-state index contributed by atoms with van der Waals surface area (Å²) >= 11 is 0. The van der Waals surface area contributed by atoms with Crippen LogP contribution in [0.2, 0.25) is 0 Å². The summed E-state index contributed by atoms with van der Waals surface area (Å²) < 4.78 is 5.58. The molecule has 0 N–H and O–H groups in total. The minimum atomic E-state index is -0.116. The van der Waals surface area contributed by atoms with Crippen LogP contribution in [0, 0.1) is 17.3 Å². The number of fused-ring (bicyclic) bond motifs is 5. The third kappa shape index (κ3) is 3.34. The van der Waals surface area contributed by atoms with Crippen molar-refractivity contribution in [2.45, 2.75) is 84.0 Å². The lowest BCUT2D eigenvalue weighted by molar-refractivity contribution is -0.134. The van der Waals surface area contributed by atoms with Crippen molar-refractivity contribution < 1.29 is 14.3 Å². The van der Waals surface area contributed by atoms with E-state index in [4.69, 9.17) is 4.74 Å². The van der Waals surface area contributed by atoms with Crippen LogP contribution in [0.15, 0.2) is 18.2 Å². The summed E-state index contributed by atoms with van der Waals surface area (Å²) in [6.45, 7) is 4.36. The van der Waals surface area contributed by atoms with Crippen LogP contribution in [-0.4, -0.2) is 11.8 Å². The lowest BCUT2D eigenvalue weighted by atomic mass is 9.55. The van der Waals surface area contributed by atoms with E-state index in [0.29, 0.717) is 35.7 Å². The lowest BCUT2D eigenvalue weighted by Gasteiger charge is -2.48. The Morgan fingerprint density at radius 2 is 2.04 bits per heavy atom. The summed E-state index contributed by atoms with van der Waals surface area (Å²) in [5.41, 5.74) is 2.73. The number of hydrogen-bond acceptors (Lipinski definition) is 3. The zero-order chi connectivity index (χ0) is 19.0. The number of esters is 1. The third-order valence-electron chi connectivity index (χ3n) is 7.62. The van der Waals surface area contributed by atoms with Crippen LogP contribution < -0.4 is 4.74 Å². The number of carbonyl (C=O) groups excluding carboxylic acids is 2. The molecule has 0 spiro atoms. The molecular formula is C24H32O3. The van der Waals surface area contributed by atoms with E-state index in [1.807, 2.05) is 6.07 Å². The van der Waals surface area contributed by atoms with Crippen molar-refractivity contribution in [3.8, 4) is 5.75 Å². The molecule has 1 aromatic carbocycles. The molecule has 3 nitrogen and oxygen atoms in total. The first-order valence-electron chi connectivity index (χ1n) is 10.9. The summed E-state index contributed by atoms with van der Waals surface area (Å²) in [6, 6.07) is 6.27. The van der Waals surface area contributed by atoms with Gasteiger partial charge in [-0.2, -0.15) is 0 Å². The van der Waals surface area contributed by atoms with E-state index in [2.05, 4.69) is 26.0 Å². The molecule has 0 aliphatic heterocycles. The number of benzene rings is 1. The topological polar surface area (TPSA) is 43.4 Å². The Morgan fingerprint density at radius 3 is 2.85 bits per heavy atom. The summed E-state index contributed by atoms with van der Waals surface area (Å²) in [5, 5.41) is 0. The minimum Gasteiger partial charge on any atom is -0.427 e. The summed E-state index contributed by atoms with van der Waals surface area (Å²) in [7, 11) is 0. The van der Waals surface area contributed by atoms with E-state index in [1.165, 1.54) is 17.5 Å². The first-order chi connectivity index (χ1) is 13.0. The Kier molecular flexibility index (Phi) is 5.13. The number of ketones is 1. The van der Waals surface area contributed by atoms with Crippen LogP contribution in [0.3, 0.4) is 0 Å². The number of rotatable bonds is 5. The maximum Gasteiger partial charge on any atom is 0.311 e. The van der Waals surface area contributed by atoms with Crippen molar-refractivity contribution in [1.29, 1.82) is 0 Å². The SMILES string of the molecule is CCCCCC(=O)Oc1ccc2c(c1)CCC1C2CCC2(C)C(=O)CCC12. The molecule has 1 aromatic rings. The van der Waals surface area contributed by atoms with Gasteiger partial charge in [-0.1, -0.05) is 32.8 Å². The predicted molar refractivity (Wildman–Crippen MR) is 106 cm³/mol. The highest BCUT2D eigenvalue weighted by molar-refractivity contribution is 5.87. The van der Waals surface area contributed by atoms with E-state index in [0.717, 1.165) is 51.4 Å². The molecule has 27 heavy (non-hydrogen) atoms. The maximum atomic E-state index is 12.4. The Balaban J connectivity index is 1.48. The van der Waals surface area contributed by atoms with Crippen molar-refractivity contribution in [3.63, 3.8) is 0 Å². The number of aryl methyl sites for hydroxylation is 1. The Labute approximate surface area is 162 Å². The molecule has 0 aromatic heterocycles. The fourth-order valence-corrected chi connectivity index (χ4v) is 6.10. The van der Waals surface area contributed by atoms with E-state index < -0.39 is 0 Å². The van der Waals surface area contributed by atoms with Gasteiger partial charge < -0.3 is 4.74 Å². The fraction of sp³-hybridized carbons (Fsp3) is 0.667. The normalized spacial score (nSPS) is 31.8. The molecule has 0 heterocycles. The number of hydrogen-bond donors (Lipinski definition) is 0. The van der Waals surface area contributed by atoms with E-state index in [1.54, 1.807) is 0 Å². The highest BCUT2D eigenvalue weighted by Crippen LogP contribution is 2.59. The second kappa shape index (κ2) is 7.41. The second-order valence-electron chi connectivity index (χ2n) is 9.13. The largest absolute Gasteiger partial charge is 0.427 e. The van der Waals surface area contributed by atoms with Crippen molar-refractivity contribution >= 4 is 11.8 Å². The first kappa shape index (κ1) is 18.7. The summed E-state index contributed by atoms with van der Waals surface area (Å²) in [5.74, 6) is 2.87. The molecule has 0 radical (unpaired) electrons. The van der Waals surface area contributed by atoms with Gasteiger partial charge in [-0.25, -0.2) is 0 Å². The fourth-order valence-electron chi connectivity index (χ4n) is 6.10. The first-order valence-corrected chi connectivity index (χ1v) is 10.9. The van der Waals surface area contributed by atoms with Gasteiger partial charge in [0.05, 0.1) is 0 Å². The average Bonchev–Trinajstić information content (AvgIpc) is 2.96. The highest BCUT2D eigenvalue weighted by Gasteiger charge is 2.54. The zero-order valence-corrected chi connectivity index (χ0v) is 16.8. The lowest BCUT2D eigenvalue weighted by Crippen LogP contribution is -2.42. The van der Waals surface area contributed by atoms with E-state index in [-0.39, 0.29) is 11.4 Å². The van der Waals surface area contributed by atoms with Crippen molar-refractivity contribution in [3.05, 3.63) is 29.3 Å². The number of unbranched alkanes of at least 4 members (excludes halogenated alkanes) is 2. The highest BCUT2D eigenvalue weighted by atomic mass is 16.5. The van der Waals surface area contributed by atoms with Gasteiger partial charge in [-0.3, -0.25) is 9.59 Å². The average molecular weight is 369 g/mol. The summed E-state index contributed by atoms with van der Waals surface area (Å²) in [6.07, 6.45) is 9.82. The van der Waals surface area contributed by atoms with Crippen LogP contribution >= 0.6 is 0 Å². The molecular weight excluding hydrogens is 336 g/mol. The molecule has 146 valence electrons. The number of carbonyl (C=O) groups is 2. The molecule has 3 heteroatoms. The number of ether oxygens (including phenoxy) is 1. The molecule has 0 bridgehead atoms. The quantitative estimate of drug-likeness (QED) is 0.386. The van der Waals surface area contributed by atoms with Crippen molar-refractivity contribution in [1.82, 2.24) is 0 Å². The van der Waals surface area contributed by atoms with Gasteiger partial charge in [0.15, 0.2) is 0 Å². The monoisotopic (exact) mass is 368 g/mol. The van der Waals surface area contributed by atoms with Gasteiger partial charge in [-0.15, -0.1) is 0 Å². The van der Waals surface area contributed by atoms with Gasteiger partial charge in [0.1, 0.15) is 11.5 Å². The molecule has 3 aliphatic carbocycles. The van der Waals surface area contributed by atoms with Crippen molar-refractivity contribution in [2.24, 2.45) is 17.3 Å². The maximum absolute atomic E-state index is 12.4. The van der Waals surface area contributed by atoms with Gasteiger partial charge in [0.25, 0.3) is 0 Å². The van der Waals surface area contributed by atoms with E-state index in [9.17, 15) is 9.59 Å². The standard InChI is InChI=1S/C24H32O3/c1-3-4-5-6-23(26)27-17-8-10-18-16(15-17)7-9-20-19(18)13-14-24(2)21(20)11-12-22(24)25/h8,10,15,19-21H,3-7,9,11-14H2,1-2H3. The van der Waals surface area contributed by atoms with Crippen LogP contribution in [0.5, 0.6) is 5.75 Å². The molecule has 3 aliphatic rings. The Hall–Kier alpha value is -1.64. The van der Waals surface area contributed by atoms with Gasteiger partial charge >= 0.3 is 5.97 Å². The van der Waals surface area contributed by atoms with Gasteiger partial charge in [0, 0.05) is 18.3 Å². The Bertz CT molecular complexity index is 737. The minimum absolute atomic E-state index is 0.0629. The second-order valence-corrected chi connectivity index (χ2v) is 9.13. The molecule has 2 saturated carbocycles. The molecule has 0 amide bonds. The van der Waals surface area contributed by atoms with Crippen LogP contribution in [0.1, 0.15) is 88.7 Å². The van der Waals surface area contributed by atoms with Gasteiger partial charge in [-0.05, 0) is 79.5 Å². The molecule has 4 atom stereocenters. The van der Waals surface area contributed by atoms with Crippen molar-refractivity contribution in [2.75, 3.05) is 0 Å². The third-order valence-corrected chi connectivity index (χ3v) is 7.62. The molecule has 4 rings (SSSR count). The van der Waals surface area contributed by atoms with Crippen LogP contribution in [-0.2, 0) is 16.0 Å². The molecule has 2 fully saturated rings. The van der Waals surface area contributed by atoms with Crippen LogP contribution in [0.25, 0.3) is 0 Å². The number of Topliss-reactive ketones (excluding diaryl/α,β-unsaturated/α-hetero) is 1. The van der Waals surface area contributed by atoms with Gasteiger partial charge in [0.2, 0.25) is 0 Å². The molecule has 4 unspecified atom stereocenters. The Morgan fingerprint density at radius 1 is 1.19 bits per heavy atom. The summed E-state index contributed by atoms with van der Waals surface area (Å²) in [4.78, 5) is 24.5. The smallest absolute Gasteiger partial charge is 0.311 e. The predicted octanol–water partition coefficient (Wildman–Crippen LogP) is 5.60. The van der Waals surface area contributed by atoms with E-state index >= 15 is 0 Å². The molecule has 0 saturated heterocycles.